The number of aliphatic carboxylic acids is 1. The van der Waals surface area contributed by atoms with Crippen molar-refractivity contribution < 1.29 is 39.2 Å². The van der Waals surface area contributed by atoms with Gasteiger partial charge in [-0.25, -0.2) is 4.79 Å². The summed E-state index contributed by atoms with van der Waals surface area (Å²) in [4.78, 5) is 37.7. The van der Waals surface area contributed by atoms with Crippen LogP contribution >= 0.6 is 0 Å². The van der Waals surface area contributed by atoms with Gasteiger partial charge in [0, 0.05) is 13.8 Å². The summed E-state index contributed by atoms with van der Waals surface area (Å²) in [6.07, 6.45) is -0.200. The first-order valence-electron chi connectivity index (χ1n) is 4.78. The van der Waals surface area contributed by atoms with E-state index >= 15 is 0 Å². The number of carbonyl (C=O) groups excluding carboxylic acids is 3. The molecule has 0 amide bonds. The second-order valence-corrected chi connectivity index (χ2v) is 2.74. The molecule has 0 aliphatic carbocycles. The minimum Gasteiger partial charge on any atom is -0.476 e. The molecule has 0 fully saturated rings. The fourth-order valence-electron chi connectivity index (χ4n) is 0.266. The number of hydrogen-bond acceptors (Lipinski definition) is 7. The van der Waals surface area contributed by atoms with Gasteiger partial charge in [0.15, 0.2) is 0 Å². The summed E-state index contributed by atoms with van der Waals surface area (Å²) in [7, 11) is 0. The standard InChI is InChI=1S/C5H10O4.C3H4O3.C2H4O/c1-4(7)9-3-5(8)2-6;1-2(4)3(5)6;1-2-3/h5-6,8H,2-3H2,1H3;1H3,(H,5,6);2H,1H3. The van der Waals surface area contributed by atoms with Crippen molar-refractivity contribution in [3.8, 4) is 0 Å². The van der Waals surface area contributed by atoms with E-state index in [9.17, 15) is 14.4 Å². The summed E-state index contributed by atoms with van der Waals surface area (Å²) in [5.74, 6) is -2.66. The highest BCUT2D eigenvalue weighted by molar-refractivity contribution is 6.31. The Morgan fingerprint density at radius 3 is 1.78 bits per heavy atom. The molecule has 18 heavy (non-hydrogen) atoms. The molecule has 8 nitrogen and oxygen atoms in total. The topological polar surface area (TPSA) is 138 Å². The quantitative estimate of drug-likeness (QED) is 0.326. The molecule has 0 aromatic heterocycles. The molecular formula is C10H18O8. The lowest BCUT2D eigenvalue weighted by Crippen LogP contribution is -2.20. The van der Waals surface area contributed by atoms with Gasteiger partial charge in [-0.1, -0.05) is 0 Å². The molecule has 0 heterocycles. The lowest BCUT2D eigenvalue weighted by Gasteiger charge is -2.05. The van der Waals surface area contributed by atoms with Gasteiger partial charge in [0.1, 0.15) is 19.0 Å². The first-order chi connectivity index (χ1) is 8.22. The molecule has 0 aromatic carbocycles. The van der Waals surface area contributed by atoms with E-state index < -0.39 is 23.8 Å². The summed E-state index contributed by atoms with van der Waals surface area (Å²) < 4.78 is 4.35. The van der Waals surface area contributed by atoms with Crippen molar-refractivity contribution in [3.63, 3.8) is 0 Å². The third kappa shape index (κ3) is 29.2. The molecule has 106 valence electrons. The molecule has 8 heteroatoms. The second kappa shape index (κ2) is 15.2. The predicted octanol–water partition coefficient (Wildman–Crippen LogP) is -1.23. The number of aliphatic hydroxyl groups excluding tert-OH is 2. The van der Waals surface area contributed by atoms with Crippen LogP contribution in [0.1, 0.15) is 20.8 Å². The molecule has 0 saturated carbocycles. The van der Waals surface area contributed by atoms with Crippen LogP contribution in [0.15, 0.2) is 0 Å². The molecule has 0 aromatic rings. The molecule has 0 saturated heterocycles. The third-order valence-electron chi connectivity index (χ3n) is 0.991. The lowest BCUT2D eigenvalue weighted by molar-refractivity contribution is -0.148. The van der Waals surface area contributed by atoms with Gasteiger partial charge in [-0.3, -0.25) is 9.59 Å². The number of hydrogen-bond donors (Lipinski definition) is 3. The van der Waals surface area contributed by atoms with E-state index in [2.05, 4.69) is 4.74 Å². The van der Waals surface area contributed by atoms with Crippen LogP contribution in [-0.4, -0.2) is 58.6 Å². The number of aldehydes is 1. The fourth-order valence-corrected chi connectivity index (χ4v) is 0.266. The zero-order valence-electron chi connectivity index (χ0n) is 10.5. The van der Waals surface area contributed by atoms with Gasteiger partial charge < -0.3 is 24.9 Å². The Bertz CT molecular complexity index is 249. The highest BCUT2D eigenvalue weighted by Crippen LogP contribution is 1.82. The van der Waals surface area contributed by atoms with Gasteiger partial charge in [0.25, 0.3) is 0 Å². The molecule has 0 radical (unpaired) electrons. The van der Waals surface area contributed by atoms with E-state index in [1.807, 2.05) is 0 Å². The number of rotatable bonds is 4. The monoisotopic (exact) mass is 266 g/mol. The summed E-state index contributed by atoms with van der Waals surface area (Å²) in [6, 6.07) is 0. The fraction of sp³-hybridized carbons (Fsp3) is 0.600. The Kier molecular flexibility index (Phi) is 18.1. The Morgan fingerprint density at radius 2 is 1.61 bits per heavy atom. The average molecular weight is 266 g/mol. The van der Waals surface area contributed by atoms with Gasteiger partial charge in [0.2, 0.25) is 5.78 Å². The van der Waals surface area contributed by atoms with Crippen LogP contribution in [0.2, 0.25) is 0 Å². The number of ketones is 1. The predicted molar refractivity (Wildman–Crippen MR) is 59.8 cm³/mol. The van der Waals surface area contributed by atoms with Crippen molar-refractivity contribution in [3.05, 3.63) is 0 Å². The Balaban J connectivity index is -0.000000216. The van der Waals surface area contributed by atoms with Gasteiger partial charge in [-0.15, -0.1) is 0 Å². The van der Waals surface area contributed by atoms with E-state index in [1.54, 1.807) is 0 Å². The molecule has 0 rings (SSSR count). The number of aliphatic hydroxyl groups is 2. The van der Waals surface area contributed by atoms with Gasteiger partial charge in [0.05, 0.1) is 6.61 Å². The molecule has 0 aliphatic rings. The van der Waals surface area contributed by atoms with Crippen molar-refractivity contribution in [1.82, 2.24) is 0 Å². The number of ether oxygens (including phenoxy) is 1. The molecule has 0 aliphatic heterocycles. The number of esters is 1. The summed E-state index contributed by atoms with van der Waals surface area (Å²) in [5.41, 5.74) is 0. The van der Waals surface area contributed by atoms with E-state index in [1.165, 1.54) is 13.8 Å². The van der Waals surface area contributed by atoms with Gasteiger partial charge in [-0.2, -0.15) is 0 Å². The summed E-state index contributed by atoms with van der Waals surface area (Å²) >= 11 is 0. The van der Waals surface area contributed by atoms with E-state index in [4.69, 9.17) is 20.1 Å². The average Bonchev–Trinajstić information content (AvgIpc) is 2.27. The Hall–Kier alpha value is -1.80. The van der Waals surface area contributed by atoms with Crippen LogP contribution in [0.25, 0.3) is 0 Å². The third-order valence-corrected chi connectivity index (χ3v) is 0.991. The Labute approximate surface area is 104 Å². The van der Waals surface area contributed by atoms with E-state index in [-0.39, 0.29) is 13.2 Å². The zero-order valence-corrected chi connectivity index (χ0v) is 10.5. The minimum atomic E-state index is -1.38. The maximum Gasteiger partial charge on any atom is 0.371 e. The van der Waals surface area contributed by atoms with Gasteiger partial charge in [-0.05, 0) is 6.92 Å². The summed E-state index contributed by atoms with van der Waals surface area (Å²) in [6.45, 7) is 3.17. The normalized spacial score (nSPS) is 9.61. The minimum absolute atomic E-state index is 0.133. The second-order valence-electron chi connectivity index (χ2n) is 2.74. The highest BCUT2D eigenvalue weighted by Gasteiger charge is 2.02. The van der Waals surface area contributed by atoms with Crippen LogP contribution in [0, 0.1) is 0 Å². The van der Waals surface area contributed by atoms with Crippen molar-refractivity contribution in [2.24, 2.45) is 0 Å². The maximum atomic E-state index is 10.0. The van der Waals surface area contributed by atoms with Crippen LogP contribution < -0.4 is 0 Å². The van der Waals surface area contributed by atoms with Crippen molar-refractivity contribution in [2.45, 2.75) is 26.9 Å². The number of Topliss-reactive ketones (excluding diaryl/α,β-unsaturated/α-hetero) is 1. The van der Waals surface area contributed by atoms with Crippen molar-refractivity contribution in [1.29, 1.82) is 0 Å². The van der Waals surface area contributed by atoms with Gasteiger partial charge >= 0.3 is 11.9 Å². The van der Waals surface area contributed by atoms with Crippen LogP contribution in [-0.2, 0) is 23.9 Å². The van der Waals surface area contributed by atoms with Crippen molar-refractivity contribution >= 4 is 24.0 Å². The SMILES string of the molecule is CC(=O)C(=O)O.CC(=O)OCC(O)CO.CC=O. The lowest BCUT2D eigenvalue weighted by atomic mass is 10.4. The largest absolute Gasteiger partial charge is 0.476 e. The Morgan fingerprint density at radius 1 is 1.28 bits per heavy atom. The number of carboxylic acids is 1. The van der Waals surface area contributed by atoms with E-state index in [0.717, 1.165) is 13.2 Å². The van der Waals surface area contributed by atoms with Crippen LogP contribution in [0.5, 0.6) is 0 Å². The number of carboxylic acid groups (broad SMARTS) is 1. The molecule has 1 unspecified atom stereocenters. The molecule has 1 atom stereocenters. The number of carbonyl (C=O) groups is 4. The first-order valence-corrected chi connectivity index (χ1v) is 4.78. The zero-order chi connectivity index (χ0) is 15.1. The van der Waals surface area contributed by atoms with Crippen LogP contribution in [0.4, 0.5) is 0 Å². The van der Waals surface area contributed by atoms with E-state index in [0.29, 0.717) is 0 Å². The highest BCUT2D eigenvalue weighted by atomic mass is 16.5. The van der Waals surface area contributed by atoms with Crippen molar-refractivity contribution in [2.75, 3.05) is 13.2 Å². The molecule has 0 spiro atoms. The molecule has 3 N–H and O–H groups in total. The van der Waals surface area contributed by atoms with Crippen LogP contribution in [0.3, 0.4) is 0 Å². The maximum absolute atomic E-state index is 10.0. The summed E-state index contributed by atoms with van der Waals surface area (Å²) in [5, 5.41) is 24.4. The molecule has 0 bridgehead atoms. The molecular weight excluding hydrogens is 248 g/mol. The smallest absolute Gasteiger partial charge is 0.371 e. The first kappa shape index (κ1) is 21.5.